The van der Waals surface area contributed by atoms with Crippen LogP contribution >= 0.6 is 0 Å². The van der Waals surface area contributed by atoms with E-state index in [9.17, 15) is 9.90 Å². The molecule has 2 saturated heterocycles. The van der Waals surface area contributed by atoms with Crippen LogP contribution in [0.4, 0.5) is 0 Å². The Balaban J connectivity index is 1.38. The van der Waals surface area contributed by atoms with Gasteiger partial charge in [-0.05, 0) is 19.3 Å². The maximum absolute atomic E-state index is 11.1. The number of fused-ring (bicyclic) bond motifs is 4. The molecular weight excluding hydrogens is 324 g/mol. The van der Waals surface area contributed by atoms with E-state index in [0.29, 0.717) is 19.3 Å². The summed E-state index contributed by atoms with van der Waals surface area (Å²) in [4.78, 5) is 11.1. The second-order valence-corrected chi connectivity index (χ2v) is 7.87. The summed E-state index contributed by atoms with van der Waals surface area (Å²) >= 11 is 0. The highest BCUT2D eigenvalue weighted by Gasteiger charge is 2.62. The number of carbonyl (C=O) groups excluding carboxylic acids is 1. The molecule has 0 aromatic rings. The quantitative estimate of drug-likeness (QED) is 0.618. The van der Waals surface area contributed by atoms with Gasteiger partial charge in [0.15, 0.2) is 5.79 Å². The van der Waals surface area contributed by atoms with Crippen LogP contribution in [-0.2, 0) is 23.7 Å². The van der Waals surface area contributed by atoms with Gasteiger partial charge in [-0.25, -0.2) is 0 Å². The van der Waals surface area contributed by atoms with Crippen molar-refractivity contribution in [3.05, 3.63) is 12.2 Å². The van der Waals surface area contributed by atoms with Crippen molar-refractivity contribution in [3.8, 4) is 0 Å². The van der Waals surface area contributed by atoms with Crippen LogP contribution in [0.15, 0.2) is 12.2 Å². The number of ether oxygens (including phenoxy) is 4. The Labute approximate surface area is 148 Å². The van der Waals surface area contributed by atoms with Gasteiger partial charge in [0.2, 0.25) is 0 Å². The molecule has 1 spiro atoms. The van der Waals surface area contributed by atoms with Gasteiger partial charge in [-0.3, -0.25) is 4.79 Å². The lowest BCUT2D eigenvalue weighted by atomic mass is 9.79. The fourth-order valence-corrected chi connectivity index (χ4v) is 4.87. The van der Waals surface area contributed by atoms with Crippen LogP contribution in [0, 0.1) is 0 Å². The highest BCUT2D eigenvalue weighted by Crippen LogP contribution is 2.52. The van der Waals surface area contributed by atoms with E-state index >= 15 is 0 Å². The molecule has 25 heavy (non-hydrogen) atoms. The standard InChI is InChI=1S/C19H28O6/c1-22-16(20)8-4-3-7-15-18(21)11-13(23-15)17-14(12-18)24-19(25-17)9-5-2-6-10-19/h3-4,13-15,17,21H,2,5-12H2,1H3/b4-3+/t13-,14-,15+,17+,18-/m1/s1. The number of rotatable bonds is 4. The highest BCUT2D eigenvalue weighted by molar-refractivity contribution is 5.70. The molecule has 0 unspecified atom stereocenters. The summed E-state index contributed by atoms with van der Waals surface area (Å²) in [7, 11) is 1.37. The molecule has 2 aliphatic carbocycles. The van der Waals surface area contributed by atoms with Crippen LogP contribution < -0.4 is 0 Å². The molecule has 6 nitrogen and oxygen atoms in total. The van der Waals surface area contributed by atoms with E-state index < -0.39 is 11.4 Å². The van der Waals surface area contributed by atoms with Crippen molar-refractivity contribution < 1.29 is 28.8 Å². The third-order valence-corrected chi connectivity index (χ3v) is 6.14. The number of methoxy groups -OCH3 is 1. The third-order valence-electron chi connectivity index (χ3n) is 6.14. The molecule has 2 saturated carbocycles. The molecular formula is C19H28O6. The summed E-state index contributed by atoms with van der Waals surface area (Å²) in [6.07, 6.45) is 10.5. The molecule has 0 amide bonds. The maximum Gasteiger partial charge on any atom is 0.309 e. The van der Waals surface area contributed by atoms with Crippen LogP contribution in [0.5, 0.6) is 0 Å². The molecule has 0 radical (unpaired) electrons. The van der Waals surface area contributed by atoms with Gasteiger partial charge >= 0.3 is 5.97 Å². The van der Waals surface area contributed by atoms with Gasteiger partial charge in [-0.1, -0.05) is 18.6 Å². The van der Waals surface area contributed by atoms with Gasteiger partial charge in [0.05, 0.1) is 37.4 Å². The molecule has 4 aliphatic rings. The number of hydrogen-bond donors (Lipinski definition) is 1. The van der Waals surface area contributed by atoms with Gasteiger partial charge < -0.3 is 24.1 Å². The summed E-state index contributed by atoms with van der Waals surface area (Å²) in [6.45, 7) is 0. The van der Waals surface area contributed by atoms with Crippen LogP contribution in [0.3, 0.4) is 0 Å². The Hall–Kier alpha value is -0.950. The predicted molar refractivity (Wildman–Crippen MR) is 88.8 cm³/mol. The van der Waals surface area contributed by atoms with Gasteiger partial charge in [0.25, 0.3) is 0 Å². The molecule has 0 aromatic heterocycles. The lowest BCUT2D eigenvalue weighted by Crippen LogP contribution is -2.48. The van der Waals surface area contributed by atoms with Crippen molar-refractivity contribution in [1.29, 1.82) is 0 Å². The number of aliphatic hydroxyl groups is 1. The topological polar surface area (TPSA) is 74.2 Å². The minimum Gasteiger partial charge on any atom is -0.469 e. The second kappa shape index (κ2) is 6.65. The Morgan fingerprint density at radius 2 is 1.92 bits per heavy atom. The van der Waals surface area contributed by atoms with Gasteiger partial charge in [0.1, 0.15) is 6.10 Å². The van der Waals surface area contributed by atoms with Crippen molar-refractivity contribution >= 4 is 5.97 Å². The van der Waals surface area contributed by atoms with Crippen molar-refractivity contribution in [2.75, 3.05) is 7.11 Å². The van der Waals surface area contributed by atoms with E-state index in [4.69, 9.17) is 14.2 Å². The van der Waals surface area contributed by atoms with Crippen LogP contribution in [0.25, 0.3) is 0 Å². The Morgan fingerprint density at radius 1 is 1.16 bits per heavy atom. The first-order valence-electron chi connectivity index (χ1n) is 9.49. The maximum atomic E-state index is 11.1. The van der Waals surface area contributed by atoms with E-state index in [2.05, 4.69) is 4.74 Å². The number of esters is 1. The average molecular weight is 352 g/mol. The SMILES string of the molecule is COC(=O)C/C=C/C[C@@H]1O[C@@H]2C[C@@]1(O)C[C@H]1OC3(CCCCC3)O[C@@H]21. The summed E-state index contributed by atoms with van der Waals surface area (Å²) in [5.74, 6) is -0.705. The van der Waals surface area contributed by atoms with Crippen LogP contribution in [0.2, 0.25) is 0 Å². The largest absolute Gasteiger partial charge is 0.469 e. The molecule has 4 rings (SSSR count). The Kier molecular flexibility index (Phi) is 4.65. The van der Waals surface area contributed by atoms with Crippen molar-refractivity contribution in [2.24, 2.45) is 0 Å². The van der Waals surface area contributed by atoms with Crippen molar-refractivity contribution in [1.82, 2.24) is 0 Å². The van der Waals surface area contributed by atoms with Gasteiger partial charge in [0, 0.05) is 25.7 Å². The highest BCUT2D eigenvalue weighted by atomic mass is 16.8. The van der Waals surface area contributed by atoms with E-state index in [1.54, 1.807) is 6.08 Å². The molecule has 1 N–H and O–H groups in total. The summed E-state index contributed by atoms with van der Waals surface area (Å²) in [5, 5.41) is 11.1. The molecule has 2 bridgehead atoms. The number of hydrogen-bond acceptors (Lipinski definition) is 6. The first kappa shape index (κ1) is 17.5. The summed E-state index contributed by atoms with van der Waals surface area (Å²) < 4.78 is 23.4. The summed E-state index contributed by atoms with van der Waals surface area (Å²) in [6, 6.07) is 0. The first-order chi connectivity index (χ1) is 12.0. The zero-order chi connectivity index (χ0) is 17.5. The predicted octanol–water partition coefficient (Wildman–Crippen LogP) is 2.23. The van der Waals surface area contributed by atoms with Gasteiger partial charge in [-0.15, -0.1) is 0 Å². The summed E-state index contributed by atoms with van der Waals surface area (Å²) in [5.41, 5.74) is -0.870. The molecule has 2 aliphatic heterocycles. The van der Waals surface area contributed by atoms with E-state index in [-0.39, 0.29) is 36.8 Å². The monoisotopic (exact) mass is 352 g/mol. The Bertz CT molecular complexity index is 540. The molecule has 5 atom stereocenters. The van der Waals surface area contributed by atoms with E-state index in [0.717, 1.165) is 25.7 Å². The fourth-order valence-electron chi connectivity index (χ4n) is 4.87. The molecule has 0 aromatic carbocycles. The normalized spacial score (nSPS) is 42.0. The smallest absolute Gasteiger partial charge is 0.309 e. The zero-order valence-electron chi connectivity index (χ0n) is 14.8. The van der Waals surface area contributed by atoms with Crippen LogP contribution in [-0.4, -0.2) is 54.0 Å². The van der Waals surface area contributed by atoms with Crippen molar-refractivity contribution in [3.63, 3.8) is 0 Å². The molecule has 2 heterocycles. The lowest BCUT2D eigenvalue weighted by Gasteiger charge is -2.34. The Morgan fingerprint density at radius 3 is 2.68 bits per heavy atom. The zero-order valence-corrected chi connectivity index (χ0v) is 14.8. The average Bonchev–Trinajstić information content (AvgIpc) is 3.08. The van der Waals surface area contributed by atoms with Crippen molar-refractivity contribution in [2.45, 2.75) is 93.6 Å². The fraction of sp³-hybridized carbons (Fsp3) is 0.842. The molecule has 6 heteroatoms. The lowest BCUT2D eigenvalue weighted by molar-refractivity contribution is -0.205. The minimum absolute atomic E-state index is 0.0672. The molecule has 4 fully saturated rings. The minimum atomic E-state index is -0.870. The number of carbonyl (C=O) groups is 1. The van der Waals surface area contributed by atoms with E-state index in [1.807, 2.05) is 6.08 Å². The molecule has 140 valence electrons. The third kappa shape index (κ3) is 3.25. The first-order valence-corrected chi connectivity index (χ1v) is 9.49. The van der Waals surface area contributed by atoms with Gasteiger partial charge in [-0.2, -0.15) is 0 Å². The second-order valence-electron chi connectivity index (χ2n) is 7.87. The van der Waals surface area contributed by atoms with Crippen LogP contribution in [0.1, 0.15) is 57.8 Å². The van der Waals surface area contributed by atoms with E-state index in [1.165, 1.54) is 13.5 Å².